The van der Waals surface area contributed by atoms with Crippen LogP contribution in [0, 0.1) is 5.92 Å². The van der Waals surface area contributed by atoms with Crippen molar-refractivity contribution >= 4 is 0 Å². The molecule has 0 aromatic heterocycles. The molecule has 0 spiro atoms. The molecule has 0 saturated heterocycles. The molecule has 0 heterocycles. The molecule has 0 amide bonds. The van der Waals surface area contributed by atoms with Gasteiger partial charge in [-0.15, -0.1) is 0 Å². The van der Waals surface area contributed by atoms with Crippen LogP contribution in [0.2, 0.25) is 0 Å². The van der Waals surface area contributed by atoms with Crippen molar-refractivity contribution in [2.75, 3.05) is 7.05 Å². The molecular weight excluding hydrogens is 134 g/mol. The summed E-state index contributed by atoms with van der Waals surface area (Å²) in [5.74, 6) is 0.935. The summed E-state index contributed by atoms with van der Waals surface area (Å²) in [6, 6.07) is 0.631. The van der Waals surface area contributed by atoms with E-state index in [0.717, 1.165) is 5.92 Å². The molecule has 11 heavy (non-hydrogen) atoms. The van der Waals surface area contributed by atoms with Crippen molar-refractivity contribution in [3.8, 4) is 0 Å². The van der Waals surface area contributed by atoms with E-state index in [9.17, 15) is 0 Å². The van der Waals surface area contributed by atoms with Gasteiger partial charge in [-0.3, -0.25) is 0 Å². The molecule has 1 nitrogen and oxygen atoms in total. The first kappa shape index (κ1) is 8.79. The highest BCUT2D eigenvalue weighted by molar-refractivity contribution is 4.96. The van der Waals surface area contributed by atoms with Crippen LogP contribution in [-0.4, -0.2) is 13.1 Å². The van der Waals surface area contributed by atoms with Crippen molar-refractivity contribution in [2.24, 2.45) is 5.92 Å². The van der Waals surface area contributed by atoms with Crippen LogP contribution in [0.4, 0.5) is 0 Å². The van der Waals surface area contributed by atoms with Crippen LogP contribution in [0.25, 0.3) is 0 Å². The number of hydrogen-bond acceptors (Lipinski definition) is 1. The number of allylic oxidation sites excluding steroid dienone is 1. The number of hydrogen-bond donors (Lipinski definition) is 1. The van der Waals surface area contributed by atoms with Gasteiger partial charge < -0.3 is 5.32 Å². The number of likely N-dealkylation sites (N-methyl/N-ethyl adjacent to an activating group) is 1. The van der Waals surface area contributed by atoms with Gasteiger partial charge in [-0.05, 0) is 32.2 Å². The van der Waals surface area contributed by atoms with Gasteiger partial charge in [0.05, 0.1) is 0 Å². The second-order valence-electron chi connectivity index (χ2n) is 3.41. The summed E-state index contributed by atoms with van der Waals surface area (Å²) in [6.07, 6.45) is 9.97. The third-order valence-electron chi connectivity index (χ3n) is 2.67. The standard InChI is InChI=1S/C10H19N/c1-3-9-5-4-6-10(11-2)8-7-9/h4,6,9-11H,3,5,7-8H2,1-2H3. The third kappa shape index (κ3) is 2.66. The monoisotopic (exact) mass is 153 g/mol. The van der Waals surface area contributed by atoms with Crippen LogP contribution >= 0.6 is 0 Å². The second-order valence-corrected chi connectivity index (χ2v) is 3.41. The van der Waals surface area contributed by atoms with Crippen LogP contribution in [0.5, 0.6) is 0 Å². The SMILES string of the molecule is CCC1CC=CC(NC)CC1. The van der Waals surface area contributed by atoms with Crippen molar-refractivity contribution in [2.45, 2.75) is 38.6 Å². The molecule has 1 heteroatoms. The minimum absolute atomic E-state index is 0.631. The van der Waals surface area contributed by atoms with E-state index in [2.05, 4.69) is 24.4 Å². The van der Waals surface area contributed by atoms with Crippen LogP contribution in [-0.2, 0) is 0 Å². The van der Waals surface area contributed by atoms with Crippen molar-refractivity contribution in [3.63, 3.8) is 0 Å². The van der Waals surface area contributed by atoms with Crippen molar-refractivity contribution in [1.82, 2.24) is 5.32 Å². The molecule has 1 aliphatic carbocycles. The summed E-state index contributed by atoms with van der Waals surface area (Å²) >= 11 is 0. The lowest BCUT2D eigenvalue weighted by atomic mass is 9.98. The lowest BCUT2D eigenvalue weighted by molar-refractivity contribution is 0.447. The Morgan fingerprint density at radius 1 is 1.45 bits per heavy atom. The second kappa shape index (κ2) is 4.55. The van der Waals surface area contributed by atoms with Crippen LogP contribution < -0.4 is 5.32 Å². The Bertz CT molecular complexity index is 129. The van der Waals surface area contributed by atoms with Crippen LogP contribution in [0.15, 0.2) is 12.2 Å². The molecule has 0 fully saturated rings. The van der Waals surface area contributed by atoms with Gasteiger partial charge in [-0.1, -0.05) is 25.5 Å². The maximum atomic E-state index is 3.30. The smallest absolute Gasteiger partial charge is 0.0247 e. The Balaban J connectivity index is 2.37. The van der Waals surface area contributed by atoms with E-state index < -0.39 is 0 Å². The van der Waals surface area contributed by atoms with Gasteiger partial charge in [0.1, 0.15) is 0 Å². The molecular formula is C10H19N. The fourth-order valence-corrected chi connectivity index (χ4v) is 1.68. The largest absolute Gasteiger partial charge is 0.314 e. The lowest BCUT2D eigenvalue weighted by Crippen LogP contribution is -2.22. The number of nitrogens with one attached hydrogen (secondary N) is 1. The Morgan fingerprint density at radius 2 is 2.27 bits per heavy atom. The summed E-state index contributed by atoms with van der Waals surface area (Å²) in [5, 5.41) is 3.30. The van der Waals surface area contributed by atoms with Gasteiger partial charge in [-0.25, -0.2) is 0 Å². The Morgan fingerprint density at radius 3 is 2.91 bits per heavy atom. The molecule has 0 bridgehead atoms. The highest BCUT2D eigenvalue weighted by Crippen LogP contribution is 2.20. The maximum Gasteiger partial charge on any atom is 0.0247 e. The van der Waals surface area contributed by atoms with Crippen molar-refractivity contribution in [1.29, 1.82) is 0 Å². The van der Waals surface area contributed by atoms with E-state index in [-0.39, 0.29) is 0 Å². The molecule has 0 aliphatic heterocycles. The molecule has 1 aliphatic rings. The predicted octanol–water partition coefficient (Wildman–Crippen LogP) is 2.34. The zero-order valence-electron chi connectivity index (χ0n) is 7.64. The van der Waals surface area contributed by atoms with E-state index >= 15 is 0 Å². The van der Waals surface area contributed by atoms with Gasteiger partial charge in [0.25, 0.3) is 0 Å². The summed E-state index contributed by atoms with van der Waals surface area (Å²) in [6.45, 7) is 2.29. The Labute approximate surface area is 69.9 Å². The maximum absolute atomic E-state index is 3.30. The van der Waals surface area contributed by atoms with E-state index in [1.165, 1.54) is 25.7 Å². The third-order valence-corrected chi connectivity index (χ3v) is 2.67. The average molecular weight is 153 g/mol. The highest BCUT2D eigenvalue weighted by Gasteiger charge is 2.11. The van der Waals surface area contributed by atoms with Crippen molar-refractivity contribution in [3.05, 3.63) is 12.2 Å². The van der Waals surface area contributed by atoms with E-state index in [0.29, 0.717) is 6.04 Å². The van der Waals surface area contributed by atoms with E-state index in [1.54, 1.807) is 0 Å². The fraction of sp³-hybridized carbons (Fsp3) is 0.800. The predicted molar refractivity (Wildman–Crippen MR) is 49.6 cm³/mol. The minimum Gasteiger partial charge on any atom is -0.314 e. The number of rotatable bonds is 2. The zero-order valence-corrected chi connectivity index (χ0v) is 7.64. The molecule has 2 unspecified atom stereocenters. The molecule has 0 aromatic carbocycles. The highest BCUT2D eigenvalue weighted by atomic mass is 14.9. The molecule has 1 N–H and O–H groups in total. The fourth-order valence-electron chi connectivity index (χ4n) is 1.68. The molecule has 1 rings (SSSR count). The average Bonchev–Trinajstić information content (AvgIpc) is 2.28. The van der Waals surface area contributed by atoms with Gasteiger partial charge in [0.2, 0.25) is 0 Å². The van der Waals surface area contributed by atoms with E-state index in [1.807, 2.05) is 7.05 Å². The molecule has 0 radical (unpaired) electrons. The molecule has 0 saturated carbocycles. The minimum atomic E-state index is 0.631. The Hall–Kier alpha value is -0.300. The van der Waals surface area contributed by atoms with E-state index in [4.69, 9.17) is 0 Å². The first-order valence-corrected chi connectivity index (χ1v) is 4.70. The zero-order chi connectivity index (χ0) is 8.10. The quantitative estimate of drug-likeness (QED) is 0.600. The normalized spacial score (nSPS) is 31.8. The molecule has 2 atom stereocenters. The van der Waals surface area contributed by atoms with Crippen molar-refractivity contribution < 1.29 is 0 Å². The van der Waals surface area contributed by atoms with Gasteiger partial charge in [0.15, 0.2) is 0 Å². The summed E-state index contributed by atoms with van der Waals surface area (Å²) in [7, 11) is 2.04. The lowest BCUT2D eigenvalue weighted by Gasteiger charge is -2.12. The topological polar surface area (TPSA) is 12.0 Å². The van der Waals surface area contributed by atoms with Gasteiger partial charge >= 0.3 is 0 Å². The van der Waals surface area contributed by atoms with Gasteiger partial charge in [0, 0.05) is 6.04 Å². The summed E-state index contributed by atoms with van der Waals surface area (Å²) < 4.78 is 0. The Kier molecular flexibility index (Phi) is 3.64. The van der Waals surface area contributed by atoms with Crippen LogP contribution in [0.1, 0.15) is 32.6 Å². The summed E-state index contributed by atoms with van der Waals surface area (Å²) in [5.41, 5.74) is 0. The summed E-state index contributed by atoms with van der Waals surface area (Å²) in [4.78, 5) is 0. The first-order valence-electron chi connectivity index (χ1n) is 4.70. The molecule has 64 valence electrons. The molecule has 0 aromatic rings. The van der Waals surface area contributed by atoms with Gasteiger partial charge in [-0.2, -0.15) is 0 Å². The first-order chi connectivity index (χ1) is 5.36. The van der Waals surface area contributed by atoms with Crippen LogP contribution in [0.3, 0.4) is 0 Å².